The Morgan fingerprint density at radius 2 is 2.00 bits per heavy atom. The second kappa shape index (κ2) is 4.16. The lowest BCUT2D eigenvalue weighted by atomic mass is 10.1. The monoisotopic (exact) mass is 220 g/mol. The fourth-order valence-corrected chi connectivity index (χ4v) is 3.03. The van der Waals surface area contributed by atoms with Gasteiger partial charge in [0.15, 0.2) is 0 Å². The summed E-state index contributed by atoms with van der Waals surface area (Å²) in [7, 11) is -2.91. The smallest absolute Gasteiger partial charge is 0.214 e. The first-order valence-electron chi connectivity index (χ1n) is 5.04. The van der Waals surface area contributed by atoms with E-state index in [0.717, 1.165) is 13.0 Å². The van der Waals surface area contributed by atoms with Crippen molar-refractivity contribution in [2.24, 2.45) is 0 Å². The summed E-state index contributed by atoms with van der Waals surface area (Å²) in [5.74, 6) is 0.322. The van der Waals surface area contributed by atoms with Gasteiger partial charge in [-0.2, -0.15) is 0 Å². The van der Waals surface area contributed by atoms with Gasteiger partial charge in [-0.15, -0.1) is 0 Å². The predicted molar refractivity (Wildman–Crippen MR) is 57.7 cm³/mol. The summed E-state index contributed by atoms with van der Waals surface area (Å²) < 4.78 is 24.4. The van der Waals surface area contributed by atoms with E-state index in [9.17, 15) is 8.42 Å². The third kappa shape index (κ3) is 3.55. The van der Waals surface area contributed by atoms with E-state index in [1.54, 1.807) is 4.31 Å². The molecule has 5 heteroatoms. The highest BCUT2D eigenvalue weighted by molar-refractivity contribution is 7.89. The minimum atomic E-state index is -2.91. The normalized spacial score (nSPS) is 22.8. The molecule has 0 unspecified atom stereocenters. The molecule has 0 spiro atoms. The molecule has 1 aliphatic heterocycles. The zero-order valence-electron chi connectivity index (χ0n) is 9.21. The van der Waals surface area contributed by atoms with Crippen molar-refractivity contribution in [3.8, 4) is 0 Å². The molecule has 0 aliphatic carbocycles. The Morgan fingerprint density at radius 1 is 1.36 bits per heavy atom. The van der Waals surface area contributed by atoms with Crippen LogP contribution >= 0.6 is 0 Å². The van der Waals surface area contributed by atoms with Gasteiger partial charge in [0, 0.05) is 25.2 Å². The van der Waals surface area contributed by atoms with Gasteiger partial charge in [-0.25, -0.2) is 12.7 Å². The maximum atomic E-state index is 11.4. The lowest BCUT2D eigenvalue weighted by Gasteiger charge is -2.22. The lowest BCUT2D eigenvalue weighted by molar-refractivity contribution is 0.377. The second-order valence-electron chi connectivity index (χ2n) is 4.75. The Morgan fingerprint density at radius 3 is 2.43 bits per heavy atom. The van der Waals surface area contributed by atoms with E-state index in [1.807, 2.05) is 0 Å². The van der Waals surface area contributed by atoms with Crippen molar-refractivity contribution in [2.75, 3.05) is 25.4 Å². The highest BCUT2D eigenvalue weighted by Crippen LogP contribution is 2.12. The topological polar surface area (TPSA) is 49.4 Å². The molecule has 0 aromatic heterocycles. The van der Waals surface area contributed by atoms with Crippen molar-refractivity contribution in [3.05, 3.63) is 0 Å². The number of nitrogens with one attached hydrogen (secondary N) is 1. The van der Waals surface area contributed by atoms with Gasteiger partial charge in [0.2, 0.25) is 10.0 Å². The van der Waals surface area contributed by atoms with Gasteiger partial charge < -0.3 is 5.32 Å². The SMILES string of the molecule is CC(C)(C)NCCN1CCCS1(=O)=O. The standard InChI is InChI=1S/C9H20N2O2S/c1-9(2,3)10-5-7-11-6-4-8-14(11,12)13/h10H,4-8H2,1-3H3. The molecule has 1 N–H and O–H groups in total. The zero-order chi connectivity index (χ0) is 10.8. The first kappa shape index (κ1) is 11.9. The molecule has 0 aromatic rings. The molecule has 1 saturated heterocycles. The highest BCUT2D eigenvalue weighted by atomic mass is 32.2. The van der Waals surface area contributed by atoms with Crippen LogP contribution in [-0.2, 0) is 10.0 Å². The van der Waals surface area contributed by atoms with Crippen LogP contribution in [0.1, 0.15) is 27.2 Å². The molecule has 14 heavy (non-hydrogen) atoms. The lowest BCUT2D eigenvalue weighted by Crippen LogP contribution is -2.41. The summed E-state index contributed by atoms with van der Waals surface area (Å²) in [6.45, 7) is 8.24. The average Bonchev–Trinajstić information content (AvgIpc) is 2.28. The second-order valence-corrected chi connectivity index (χ2v) is 6.83. The number of nitrogens with zero attached hydrogens (tertiary/aromatic N) is 1. The molecule has 1 fully saturated rings. The van der Waals surface area contributed by atoms with E-state index < -0.39 is 10.0 Å². The zero-order valence-corrected chi connectivity index (χ0v) is 10.0. The molecule has 4 nitrogen and oxygen atoms in total. The van der Waals surface area contributed by atoms with Crippen LogP contribution in [0.3, 0.4) is 0 Å². The van der Waals surface area contributed by atoms with Crippen molar-refractivity contribution in [3.63, 3.8) is 0 Å². The average molecular weight is 220 g/mol. The maximum Gasteiger partial charge on any atom is 0.214 e. The number of hydrogen-bond donors (Lipinski definition) is 1. The molecule has 0 radical (unpaired) electrons. The van der Waals surface area contributed by atoms with Crippen molar-refractivity contribution in [1.82, 2.24) is 9.62 Å². The molecular weight excluding hydrogens is 200 g/mol. The van der Waals surface area contributed by atoms with Crippen LogP contribution in [0.25, 0.3) is 0 Å². The van der Waals surface area contributed by atoms with Gasteiger partial charge in [-0.3, -0.25) is 0 Å². The molecular formula is C9H20N2O2S. The number of hydrogen-bond acceptors (Lipinski definition) is 3. The predicted octanol–water partition coefficient (Wildman–Crippen LogP) is 0.410. The van der Waals surface area contributed by atoms with Crippen LogP contribution in [-0.4, -0.2) is 43.6 Å². The minimum Gasteiger partial charge on any atom is -0.311 e. The first-order chi connectivity index (χ1) is 6.31. The summed E-state index contributed by atoms with van der Waals surface area (Å²) in [4.78, 5) is 0. The quantitative estimate of drug-likeness (QED) is 0.749. The summed E-state index contributed by atoms with van der Waals surface area (Å²) in [6.07, 6.45) is 0.776. The van der Waals surface area contributed by atoms with Crippen LogP contribution in [0.15, 0.2) is 0 Å². The minimum absolute atomic E-state index is 0.0590. The molecule has 1 rings (SSSR count). The fraction of sp³-hybridized carbons (Fsp3) is 1.00. The summed E-state index contributed by atoms with van der Waals surface area (Å²) in [6, 6.07) is 0. The first-order valence-corrected chi connectivity index (χ1v) is 6.65. The van der Waals surface area contributed by atoms with E-state index in [0.29, 0.717) is 18.8 Å². The molecule has 0 bridgehead atoms. The van der Waals surface area contributed by atoms with Crippen LogP contribution in [0.2, 0.25) is 0 Å². The largest absolute Gasteiger partial charge is 0.311 e. The van der Waals surface area contributed by atoms with Gasteiger partial charge in [0.1, 0.15) is 0 Å². The third-order valence-electron chi connectivity index (χ3n) is 2.22. The van der Waals surface area contributed by atoms with E-state index in [2.05, 4.69) is 26.1 Å². The molecule has 0 atom stereocenters. The third-order valence-corrected chi connectivity index (χ3v) is 4.18. The molecule has 84 valence electrons. The van der Waals surface area contributed by atoms with Crippen LogP contribution in [0.5, 0.6) is 0 Å². The Balaban J connectivity index is 2.33. The Bertz CT molecular complexity index is 280. The van der Waals surface area contributed by atoms with Crippen LogP contribution in [0, 0.1) is 0 Å². The van der Waals surface area contributed by atoms with E-state index in [-0.39, 0.29) is 5.54 Å². The Kier molecular flexibility index (Phi) is 3.55. The van der Waals surface area contributed by atoms with Gasteiger partial charge >= 0.3 is 0 Å². The van der Waals surface area contributed by atoms with Crippen molar-refractivity contribution in [2.45, 2.75) is 32.7 Å². The van der Waals surface area contributed by atoms with Crippen LogP contribution in [0.4, 0.5) is 0 Å². The number of sulfonamides is 1. The van der Waals surface area contributed by atoms with Gasteiger partial charge in [0.25, 0.3) is 0 Å². The van der Waals surface area contributed by atoms with Gasteiger partial charge in [-0.1, -0.05) is 0 Å². The van der Waals surface area contributed by atoms with Crippen LogP contribution < -0.4 is 5.32 Å². The fourth-order valence-electron chi connectivity index (χ4n) is 1.50. The number of rotatable bonds is 3. The molecule has 1 aliphatic rings. The highest BCUT2D eigenvalue weighted by Gasteiger charge is 2.27. The summed E-state index contributed by atoms with van der Waals surface area (Å²) in [5.41, 5.74) is 0.0590. The maximum absolute atomic E-state index is 11.4. The Labute approximate surface area is 86.7 Å². The Hall–Kier alpha value is -0.130. The van der Waals surface area contributed by atoms with Crippen molar-refractivity contribution < 1.29 is 8.42 Å². The summed E-state index contributed by atoms with van der Waals surface area (Å²) in [5, 5.41) is 3.28. The van der Waals surface area contributed by atoms with Crippen molar-refractivity contribution in [1.29, 1.82) is 0 Å². The van der Waals surface area contributed by atoms with E-state index in [4.69, 9.17) is 0 Å². The molecule has 1 heterocycles. The van der Waals surface area contributed by atoms with E-state index in [1.165, 1.54) is 0 Å². The van der Waals surface area contributed by atoms with Gasteiger partial charge in [0.05, 0.1) is 5.75 Å². The summed E-state index contributed by atoms with van der Waals surface area (Å²) >= 11 is 0. The van der Waals surface area contributed by atoms with Gasteiger partial charge in [-0.05, 0) is 27.2 Å². The van der Waals surface area contributed by atoms with Crippen molar-refractivity contribution >= 4 is 10.0 Å². The molecule has 0 saturated carbocycles. The van der Waals surface area contributed by atoms with E-state index >= 15 is 0 Å². The molecule has 0 amide bonds. The molecule has 0 aromatic carbocycles.